The Kier molecular flexibility index (Phi) is 10.6. The van der Waals surface area contributed by atoms with Crippen molar-refractivity contribution in [2.45, 2.75) is 77.7 Å². The number of benzene rings is 2. The van der Waals surface area contributed by atoms with Gasteiger partial charge in [-0.3, -0.25) is 4.79 Å². The van der Waals surface area contributed by atoms with E-state index in [0.717, 1.165) is 60.4 Å². The molecule has 9 heteroatoms. The first-order valence-corrected chi connectivity index (χ1v) is 15.8. The van der Waals surface area contributed by atoms with Crippen molar-refractivity contribution in [2.24, 2.45) is 0 Å². The van der Waals surface area contributed by atoms with Crippen molar-refractivity contribution in [1.29, 1.82) is 0 Å². The van der Waals surface area contributed by atoms with E-state index in [4.69, 9.17) is 4.74 Å². The number of aromatic carboxylic acids is 1. The van der Waals surface area contributed by atoms with Crippen molar-refractivity contribution >= 4 is 22.7 Å². The molecule has 0 amide bonds. The van der Waals surface area contributed by atoms with Crippen LogP contribution >= 0.6 is 0 Å². The Hall–Kier alpha value is -3.98. The van der Waals surface area contributed by atoms with Gasteiger partial charge >= 0.3 is 5.97 Å². The topological polar surface area (TPSA) is 113 Å². The van der Waals surface area contributed by atoms with E-state index >= 15 is 0 Å². The van der Waals surface area contributed by atoms with Crippen LogP contribution in [0.25, 0.3) is 22.2 Å². The maximum atomic E-state index is 13.0. The third kappa shape index (κ3) is 7.70. The fraction of sp³-hybridized carbons (Fsp3) is 0.471. The number of nitrogens with one attached hydrogen (secondary N) is 1. The lowest BCUT2D eigenvalue weighted by molar-refractivity contribution is 0.0695. The Labute approximate surface area is 252 Å². The molecule has 1 saturated heterocycles. The molecule has 0 unspecified atom stereocenters. The molecule has 4 aromatic rings. The van der Waals surface area contributed by atoms with Gasteiger partial charge < -0.3 is 19.7 Å². The van der Waals surface area contributed by atoms with E-state index in [9.17, 15) is 14.7 Å². The van der Waals surface area contributed by atoms with Crippen LogP contribution in [0.5, 0.6) is 0 Å². The lowest BCUT2D eigenvalue weighted by Crippen LogP contribution is -2.37. The minimum Gasteiger partial charge on any atom is -0.478 e. The molecule has 3 heterocycles. The number of unbranched alkanes of at least 4 members (excludes halogenated alkanes) is 8. The predicted molar refractivity (Wildman–Crippen MR) is 170 cm³/mol. The molecule has 0 saturated carbocycles. The van der Waals surface area contributed by atoms with E-state index in [1.807, 2.05) is 30.5 Å². The Bertz CT molecular complexity index is 1570. The molecule has 1 aliphatic rings. The molecule has 0 radical (unpaired) electrons. The first-order chi connectivity index (χ1) is 21.0. The summed E-state index contributed by atoms with van der Waals surface area (Å²) in [5.74, 6) is -0.130. The van der Waals surface area contributed by atoms with Crippen LogP contribution in [0.4, 0.5) is 5.82 Å². The van der Waals surface area contributed by atoms with Crippen molar-refractivity contribution < 1.29 is 14.6 Å². The molecule has 228 valence electrons. The smallest absolute Gasteiger partial charge is 0.335 e. The van der Waals surface area contributed by atoms with Crippen LogP contribution in [-0.4, -0.2) is 57.4 Å². The van der Waals surface area contributed by atoms with Crippen molar-refractivity contribution in [2.75, 3.05) is 31.2 Å². The predicted octanol–water partition coefficient (Wildman–Crippen LogP) is 6.44. The molecule has 0 atom stereocenters. The number of aromatic nitrogens is 4. The van der Waals surface area contributed by atoms with E-state index < -0.39 is 5.97 Å². The number of fused-ring (bicyclic) bond motifs is 1. The number of carboxylic acid groups (broad SMARTS) is 1. The Morgan fingerprint density at radius 3 is 2.44 bits per heavy atom. The third-order valence-electron chi connectivity index (χ3n) is 8.38. The van der Waals surface area contributed by atoms with Gasteiger partial charge in [-0.1, -0.05) is 87.8 Å². The summed E-state index contributed by atoms with van der Waals surface area (Å²) in [6.07, 6.45) is 13.6. The second-order valence-corrected chi connectivity index (χ2v) is 11.5. The number of H-pyrrole nitrogens is 1. The highest BCUT2D eigenvalue weighted by atomic mass is 16.5. The van der Waals surface area contributed by atoms with Crippen molar-refractivity contribution in [3.63, 3.8) is 0 Å². The lowest BCUT2D eigenvalue weighted by atomic mass is 9.95. The molecule has 0 bridgehead atoms. The fourth-order valence-electron chi connectivity index (χ4n) is 6.01. The normalized spacial score (nSPS) is 13.6. The second kappa shape index (κ2) is 15.0. The van der Waals surface area contributed by atoms with E-state index in [0.29, 0.717) is 36.4 Å². The number of ether oxygens (including phenoxy) is 1. The number of anilines is 1. The maximum absolute atomic E-state index is 13.0. The first kappa shape index (κ1) is 30.5. The first-order valence-electron chi connectivity index (χ1n) is 15.8. The molecule has 2 aromatic heterocycles. The number of carboxylic acids is 1. The summed E-state index contributed by atoms with van der Waals surface area (Å²) >= 11 is 0. The van der Waals surface area contributed by atoms with E-state index in [-0.39, 0.29) is 5.43 Å². The number of para-hydroxylation sites is 1. The van der Waals surface area contributed by atoms with Crippen LogP contribution in [-0.2, 0) is 17.7 Å². The Balaban J connectivity index is 1.32. The quantitative estimate of drug-likeness (QED) is 0.154. The van der Waals surface area contributed by atoms with Gasteiger partial charge in [-0.25, -0.2) is 9.48 Å². The van der Waals surface area contributed by atoms with Gasteiger partial charge in [0.1, 0.15) is 11.5 Å². The highest BCUT2D eigenvalue weighted by molar-refractivity contribution is 5.93. The van der Waals surface area contributed by atoms with Gasteiger partial charge in [0.05, 0.1) is 37.0 Å². The zero-order valence-corrected chi connectivity index (χ0v) is 25.2. The standard InChI is InChI=1S/C34H43N5O4/c1-2-3-4-5-6-7-8-9-10-14-26-25(13-11-15-27(26)34(41)42)23-39-24-30(36-37-39)28-16-12-17-29-31(40)22-32(35-33(28)29)38-18-20-43-21-19-38/h11-13,15-17,22,24H,2-10,14,18-21,23H2,1H3,(H,35,40)(H,41,42). The van der Waals surface area contributed by atoms with Gasteiger partial charge in [0, 0.05) is 30.1 Å². The second-order valence-electron chi connectivity index (χ2n) is 11.5. The molecule has 9 nitrogen and oxygen atoms in total. The van der Waals surface area contributed by atoms with E-state index in [1.165, 1.54) is 44.9 Å². The zero-order chi connectivity index (χ0) is 30.0. The highest BCUT2D eigenvalue weighted by Crippen LogP contribution is 2.27. The van der Waals surface area contributed by atoms with Crippen LogP contribution in [0, 0.1) is 0 Å². The largest absolute Gasteiger partial charge is 0.478 e. The fourth-order valence-corrected chi connectivity index (χ4v) is 6.01. The molecule has 0 spiro atoms. The minimum atomic E-state index is -0.900. The van der Waals surface area contributed by atoms with Gasteiger partial charge in [-0.05, 0) is 36.1 Å². The third-order valence-corrected chi connectivity index (χ3v) is 8.38. The van der Waals surface area contributed by atoms with Crippen LogP contribution < -0.4 is 10.3 Å². The highest BCUT2D eigenvalue weighted by Gasteiger charge is 2.18. The number of rotatable bonds is 15. The average molecular weight is 586 g/mol. The minimum absolute atomic E-state index is 0.0453. The summed E-state index contributed by atoms with van der Waals surface area (Å²) in [6, 6.07) is 12.8. The Morgan fingerprint density at radius 1 is 0.977 bits per heavy atom. The molecule has 5 rings (SSSR count). The van der Waals surface area contributed by atoms with Crippen LogP contribution in [0.2, 0.25) is 0 Å². The number of hydrogen-bond acceptors (Lipinski definition) is 6. The number of carbonyl (C=O) groups is 1. The van der Waals surface area contributed by atoms with Crippen molar-refractivity contribution in [3.8, 4) is 11.3 Å². The van der Waals surface area contributed by atoms with E-state index in [2.05, 4.69) is 27.1 Å². The molecule has 43 heavy (non-hydrogen) atoms. The van der Waals surface area contributed by atoms with E-state index in [1.54, 1.807) is 22.9 Å². The van der Waals surface area contributed by atoms with Gasteiger partial charge in [0.25, 0.3) is 0 Å². The number of aromatic amines is 1. The lowest BCUT2D eigenvalue weighted by Gasteiger charge is -2.28. The van der Waals surface area contributed by atoms with Gasteiger partial charge in [0.15, 0.2) is 5.43 Å². The van der Waals surface area contributed by atoms with Gasteiger partial charge in [-0.2, -0.15) is 0 Å². The number of pyridine rings is 1. The summed E-state index contributed by atoms with van der Waals surface area (Å²) in [7, 11) is 0. The number of morpholine rings is 1. The molecule has 2 N–H and O–H groups in total. The molecular weight excluding hydrogens is 542 g/mol. The summed E-state index contributed by atoms with van der Waals surface area (Å²) in [5, 5.41) is 19.4. The molecule has 2 aromatic carbocycles. The summed E-state index contributed by atoms with van der Waals surface area (Å²) in [5.41, 5.74) is 4.30. The maximum Gasteiger partial charge on any atom is 0.335 e. The van der Waals surface area contributed by atoms with Crippen LogP contribution in [0.1, 0.15) is 86.2 Å². The van der Waals surface area contributed by atoms with Gasteiger partial charge in [-0.15, -0.1) is 5.10 Å². The molecular formula is C34H43N5O4. The Morgan fingerprint density at radius 2 is 1.70 bits per heavy atom. The molecule has 1 aliphatic heterocycles. The summed E-state index contributed by atoms with van der Waals surface area (Å²) in [4.78, 5) is 30.7. The summed E-state index contributed by atoms with van der Waals surface area (Å²) in [6.45, 7) is 5.34. The molecule has 1 fully saturated rings. The number of hydrogen-bond donors (Lipinski definition) is 2. The van der Waals surface area contributed by atoms with Crippen molar-refractivity contribution in [1.82, 2.24) is 20.0 Å². The zero-order valence-electron chi connectivity index (χ0n) is 25.2. The average Bonchev–Trinajstić information content (AvgIpc) is 3.49. The number of nitrogens with zero attached hydrogens (tertiary/aromatic N) is 4. The molecule has 0 aliphatic carbocycles. The van der Waals surface area contributed by atoms with Crippen molar-refractivity contribution in [3.05, 3.63) is 75.6 Å². The van der Waals surface area contributed by atoms with Gasteiger partial charge in [0.2, 0.25) is 0 Å². The monoisotopic (exact) mass is 585 g/mol. The van der Waals surface area contributed by atoms with Crippen LogP contribution in [0.15, 0.2) is 53.5 Å². The summed E-state index contributed by atoms with van der Waals surface area (Å²) < 4.78 is 7.23. The van der Waals surface area contributed by atoms with Crippen LogP contribution in [0.3, 0.4) is 0 Å². The SMILES string of the molecule is CCCCCCCCCCCc1c(Cn2cc(-c3cccc4c(=O)cc(N5CCOCC5)[nH]c34)nn2)cccc1C(=O)O.